The minimum absolute atomic E-state index is 0.0188. The van der Waals surface area contributed by atoms with Gasteiger partial charge in [0, 0.05) is 45.4 Å². The number of rotatable bonds is 24. The summed E-state index contributed by atoms with van der Waals surface area (Å²) in [6.45, 7) is 7.97. The topological polar surface area (TPSA) is 152 Å². The summed E-state index contributed by atoms with van der Waals surface area (Å²) < 4.78 is 26.0. The van der Waals surface area contributed by atoms with Gasteiger partial charge in [-0.05, 0) is 39.7 Å². The van der Waals surface area contributed by atoms with Crippen LogP contribution in [0.5, 0.6) is 0 Å². The van der Waals surface area contributed by atoms with E-state index >= 15 is 0 Å². The first-order valence-electron chi connectivity index (χ1n) is 12.5. The second kappa shape index (κ2) is 23.7. The summed E-state index contributed by atoms with van der Waals surface area (Å²) in [5, 5.41) is 2.74. The maximum atomic E-state index is 12.3. The van der Waals surface area contributed by atoms with Gasteiger partial charge in [0.1, 0.15) is 5.78 Å². The molecule has 204 valence electrons. The maximum absolute atomic E-state index is 12.3. The minimum atomic E-state index is -0.722. The first-order chi connectivity index (χ1) is 16.9. The Morgan fingerprint density at radius 1 is 0.771 bits per heavy atom. The summed E-state index contributed by atoms with van der Waals surface area (Å²) in [5.74, 6) is -2.13. The summed E-state index contributed by atoms with van der Waals surface area (Å²) in [6.07, 6.45) is 1.66. The molecule has 0 radical (unpaired) electrons. The zero-order valence-corrected chi connectivity index (χ0v) is 21.3. The van der Waals surface area contributed by atoms with Crippen LogP contribution in [0.25, 0.3) is 0 Å². The third kappa shape index (κ3) is 21.0. The number of Topliss-reactive ketones (excluding diaryl/α,β-unsaturated/α-hetero) is 1. The lowest BCUT2D eigenvalue weighted by Gasteiger charge is -2.14. The van der Waals surface area contributed by atoms with Crippen LogP contribution in [0.1, 0.15) is 58.8 Å². The van der Waals surface area contributed by atoms with Crippen molar-refractivity contribution in [2.45, 2.75) is 58.8 Å². The van der Waals surface area contributed by atoms with Crippen LogP contribution in [-0.4, -0.2) is 89.6 Å². The molecule has 0 aliphatic carbocycles. The summed E-state index contributed by atoms with van der Waals surface area (Å²) >= 11 is 0. The van der Waals surface area contributed by atoms with Crippen molar-refractivity contribution < 1.29 is 42.9 Å². The minimum Gasteiger partial charge on any atom is -0.466 e. The lowest BCUT2D eigenvalue weighted by Crippen LogP contribution is -2.27. The van der Waals surface area contributed by atoms with Crippen LogP contribution in [-0.2, 0) is 42.9 Å². The number of nitrogens with one attached hydrogen (secondary N) is 1. The van der Waals surface area contributed by atoms with Crippen LogP contribution >= 0.6 is 0 Å². The highest BCUT2D eigenvalue weighted by Crippen LogP contribution is 2.16. The van der Waals surface area contributed by atoms with E-state index in [4.69, 9.17) is 29.4 Å². The quantitative estimate of drug-likeness (QED) is 0.145. The van der Waals surface area contributed by atoms with E-state index in [0.29, 0.717) is 59.2 Å². The average Bonchev–Trinajstić information content (AvgIpc) is 2.83. The smallest absolute Gasteiger partial charge is 0.309 e. The second-order valence-corrected chi connectivity index (χ2v) is 7.72. The van der Waals surface area contributed by atoms with Crippen molar-refractivity contribution in [1.82, 2.24) is 5.32 Å². The first-order valence-corrected chi connectivity index (χ1v) is 12.5. The molecule has 0 spiro atoms. The Kier molecular flexibility index (Phi) is 22.2. The highest BCUT2D eigenvalue weighted by atomic mass is 16.5. The fourth-order valence-electron chi connectivity index (χ4n) is 2.94. The number of carbonyl (C=O) groups excluding carboxylic acids is 4. The molecule has 11 nitrogen and oxygen atoms in total. The number of amides is 1. The molecule has 0 bridgehead atoms. The van der Waals surface area contributed by atoms with Crippen LogP contribution < -0.4 is 11.1 Å². The zero-order chi connectivity index (χ0) is 26.2. The van der Waals surface area contributed by atoms with Crippen molar-refractivity contribution in [3.8, 4) is 0 Å². The molecule has 0 saturated carbocycles. The summed E-state index contributed by atoms with van der Waals surface area (Å²) in [7, 11) is 0. The van der Waals surface area contributed by atoms with Crippen LogP contribution in [0.2, 0.25) is 0 Å². The fourth-order valence-corrected chi connectivity index (χ4v) is 2.94. The van der Waals surface area contributed by atoms with Crippen molar-refractivity contribution in [1.29, 1.82) is 0 Å². The number of ether oxygens (including phenoxy) is 5. The molecule has 11 heteroatoms. The SMILES string of the molecule is CCOC(=O)CCC(CC(=O)CCC(=O)NCCCOCCOCCOCCCN)C(=O)OCC. The van der Waals surface area contributed by atoms with Crippen molar-refractivity contribution in [2.75, 3.05) is 65.9 Å². The molecule has 35 heavy (non-hydrogen) atoms. The molecule has 0 heterocycles. The molecule has 0 aliphatic rings. The van der Waals surface area contributed by atoms with Gasteiger partial charge in [-0.25, -0.2) is 0 Å². The van der Waals surface area contributed by atoms with Gasteiger partial charge < -0.3 is 34.7 Å². The van der Waals surface area contributed by atoms with Gasteiger partial charge >= 0.3 is 11.9 Å². The Morgan fingerprint density at radius 2 is 1.37 bits per heavy atom. The van der Waals surface area contributed by atoms with Crippen molar-refractivity contribution in [3.05, 3.63) is 0 Å². The van der Waals surface area contributed by atoms with Gasteiger partial charge in [-0.2, -0.15) is 0 Å². The third-order valence-electron chi connectivity index (χ3n) is 4.75. The van der Waals surface area contributed by atoms with Crippen LogP contribution in [0.15, 0.2) is 0 Å². The Hall–Kier alpha value is -2.08. The van der Waals surface area contributed by atoms with Gasteiger partial charge in [0.15, 0.2) is 0 Å². The van der Waals surface area contributed by atoms with E-state index < -0.39 is 17.9 Å². The summed E-state index contributed by atoms with van der Waals surface area (Å²) in [5.41, 5.74) is 5.37. The highest BCUT2D eigenvalue weighted by Gasteiger charge is 2.24. The van der Waals surface area contributed by atoms with E-state index in [0.717, 1.165) is 6.42 Å². The van der Waals surface area contributed by atoms with Crippen LogP contribution in [0.3, 0.4) is 0 Å². The van der Waals surface area contributed by atoms with Gasteiger partial charge in [-0.15, -0.1) is 0 Å². The van der Waals surface area contributed by atoms with Crippen LogP contribution in [0.4, 0.5) is 0 Å². The predicted molar refractivity (Wildman–Crippen MR) is 129 cm³/mol. The Balaban J connectivity index is 3.88. The summed E-state index contributed by atoms with van der Waals surface area (Å²) in [6, 6.07) is 0. The number of esters is 2. The Morgan fingerprint density at radius 3 is 1.97 bits per heavy atom. The third-order valence-corrected chi connectivity index (χ3v) is 4.75. The highest BCUT2D eigenvalue weighted by molar-refractivity contribution is 5.88. The molecule has 1 unspecified atom stereocenters. The van der Waals surface area contributed by atoms with Crippen molar-refractivity contribution in [2.24, 2.45) is 11.7 Å². The van der Waals surface area contributed by atoms with Crippen molar-refractivity contribution in [3.63, 3.8) is 0 Å². The number of ketones is 1. The molecule has 0 aromatic rings. The molecule has 3 N–H and O–H groups in total. The molecule has 0 aromatic carbocycles. The number of carbonyl (C=O) groups is 4. The van der Waals surface area contributed by atoms with Gasteiger partial charge in [-0.1, -0.05) is 0 Å². The largest absolute Gasteiger partial charge is 0.466 e. The number of hydrogen-bond acceptors (Lipinski definition) is 10. The normalized spacial score (nSPS) is 11.6. The monoisotopic (exact) mass is 504 g/mol. The van der Waals surface area contributed by atoms with E-state index in [1.807, 2.05) is 0 Å². The predicted octanol–water partition coefficient (Wildman–Crippen LogP) is 1.15. The lowest BCUT2D eigenvalue weighted by atomic mass is 9.95. The van der Waals surface area contributed by atoms with Gasteiger partial charge in [0.05, 0.1) is 45.6 Å². The standard InChI is InChI=1S/C24H44N2O9/c1-3-34-23(29)10-7-20(24(30)35-4-2)19-21(27)8-9-22(28)26-12-6-14-32-16-18-33-17-15-31-13-5-11-25/h20H,3-19,25H2,1-2H3,(H,26,28). The molecule has 1 atom stereocenters. The molecular formula is C24H44N2O9. The first kappa shape index (κ1) is 32.9. The van der Waals surface area contributed by atoms with Crippen molar-refractivity contribution >= 4 is 23.6 Å². The van der Waals surface area contributed by atoms with E-state index in [2.05, 4.69) is 5.32 Å². The van der Waals surface area contributed by atoms with E-state index in [1.54, 1.807) is 13.8 Å². The van der Waals surface area contributed by atoms with Gasteiger partial charge in [0.2, 0.25) is 5.91 Å². The molecule has 0 aromatic heterocycles. The van der Waals surface area contributed by atoms with E-state index in [-0.39, 0.29) is 57.0 Å². The molecule has 0 fully saturated rings. The molecule has 0 aliphatic heterocycles. The second-order valence-electron chi connectivity index (χ2n) is 7.72. The summed E-state index contributed by atoms with van der Waals surface area (Å²) in [4.78, 5) is 47.9. The lowest BCUT2D eigenvalue weighted by molar-refractivity contribution is -0.151. The number of nitrogens with two attached hydrogens (primary N) is 1. The zero-order valence-electron chi connectivity index (χ0n) is 21.3. The number of hydrogen-bond donors (Lipinski definition) is 2. The van der Waals surface area contributed by atoms with Crippen LogP contribution in [0, 0.1) is 5.92 Å². The average molecular weight is 505 g/mol. The van der Waals surface area contributed by atoms with E-state index in [1.165, 1.54) is 0 Å². The Bertz CT molecular complexity index is 587. The molecule has 1 amide bonds. The van der Waals surface area contributed by atoms with Gasteiger partial charge in [0.25, 0.3) is 0 Å². The van der Waals surface area contributed by atoms with E-state index in [9.17, 15) is 19.2 Å². The molecule has 0 rings (SSSR count). The van der Waals surface area contributed by atoms with Gasteiger partial charge in [-0.3, -0.25) is 19.2 Å². The maximum Gasteiger partial charge on any atom is 0.309 e. The Labute approximate surface area is 208 Å². The molecule has 0 saturated heterocycles. The fraction of sp³-hybridized carbons (Fsp3) is 0.833. The molecular weight excluding hydrogens is 460 g/mol.